The lowest BCUT2D eigenvalue weighted by molar-refractivity contribution is 0.144. The molecule has 10 heteroatoms. The summed E-state index contributed by atoms with van der Waals surface area (Å²) in [5.41, 5.74) is 2.52. The van der Waals surface area contributed by atoms with Crippen molar-refractivity contribution >= 4 is 32.8 Å². The lowest BCUT2D eigenvalue weighted by Gasteiger charge is -2.21. The number of fused-ring (bicyclic) bond motifs is 1. The molecule has 0 radical (unpaired) electrons. The Morgan fingerprint density at radius 3 is 2.59 bits per heavy atom. The Morgan fingerprint density at radius 2 is 1.88 bits per heavy atom. The van der Waals surface area contributed by atoms with E-state index in [0.717, 1.165) is 29.7 Å². The Kier molecular flexibility index (Phi) is 8.30. The normalized spacial score (nSPS) is 11.4. The van der Waals surface area contributed by atoms with E-state index in [2.05, 4.69) is 24.1 Å². The average molecular weight is 488 g/mol. The summed E-state index contributed by atoms with van der Waals surface area (Å²) in [6.45, 7) is 6.09. The zero-order chi connectivity index (χ0) is 24.7. The third-order valence-electron chi connectivity index (χ3n) is 5.43. The summed E-state index contributed by atoms with van der Waals surface area (Å²) in [5.74, 6) is 0. The fourth-order valence-corrected chi connectivity index (χ4v) is 4.28. The smallest absolute Gasteiger partial charge is 0.407 e. The highest BCUT2D eigenvalue weighted by molar-refractivity contribution is 7.89. The first-order chi connectivity index (χ1) is 16.2. The first-order valence-electron chi connectivity index (χ1n) is 11.1. The van der Waals surface area contributed by atoms with Gasteiger partial charge in [-0.05, 0) is 62.1 Å². The van der Waals surface area contributed by atoms with Gasteiger partial charge in [0.25, 0.3) is 0 Å². The molecule has 182 valence electrons. The molecular formula is C24H29N3O6S. The van der Waals surface area contributed by atoms with Crippen LogP contribution in [0.3, 0.4) is 0 Å². The predicted molar refractivity (Wildman–Crippen MR) is 130 cm³/mol. The standard InChI is InChI=1S/C24H29N3O6S/c1-3-27(4-2)19-10-11-21-18(14-23(28)33-22(21)15-19)8-6-12-32-24(29)26-16-17-7-5-9-20(13-17)34(25,30)31/h5,7,9-11,13-15H,3-4,6,8,12,16H2,1-2H3,(H,26,29)(H2,25,30,31). The molecule has 0 aliphatic carbocycles. The highest BCUT2D eigenvalue weighted by Gasteiger charge is 2.11. The SMILES string of the molecule is CCN(CC)c1ccc2c(CCCOC(=O)NCc3cccc(S(N)(=O)=O)c3)cc(=O)oc2c1. The van der Waals surface area contributed by atoms with Gasteiger partial charge in [0, 0.05) is 42.8 Å². The van der Waals surface area contributed by atoms with Gasteiger partial charge in [-0.15, -0.1) is 0 Å². The second-order valence-electron chi connectivity index (χ2n) is 7.73. The van der Waals surface area contributed by atoms with Gasteiger partial charge in [-0.25, -0.2) is 23.1 Å². The molecule has 3 aromatic rings. The number of sulfonamides is 1. The molecule has 1 aromatic heterocycles. The van der Waals surface area contributed by atoms with E-state index < -0.39 is 21.7 Å². The van der Waals surface area contributed by atoms with E-state index in [1.54, 1.807) is 12.1 Å². The number of amides is 1. The number of nitrogens with two attached hydrogens (primary N) is 1. The number of nitrogens with one attached hydrogen (secondary N) is 1. The highest BCUT2D eigenvalue weighted by atomic mass is 32.2. The van der Waals surface area contributed by atoms with Crippen LogP contribution in [0.2, 0.25) is 0 Å². The van der Waals surface area contributed by atoms with Gasteiger partial charge in [0.15, 0.2) is 0 Å². The number of alkyl carbamates (subject to hydrolysis) is 1. The molecule has 0 fully saturated rings. The number of nitrogens with zero attached hydrogens (tertiary/aromatic N) is 1. The molecule has 0 unspecified atom stereocenters. The largest absolute Gasteiger partial charge is 0.450 e. The first-order valence-corrected chi connectivity index (χ1v) is 12.6. The summed E-state index contributed by atoms with van der Waals surface area (Å²) >= 11 is 0. The second kappa shape index (κ2) is 11.2. The van der Waals surface area contributed by atoms with Gasteiger partial charge in [0.1, 0.15) is 5.58 Å². The number of rotatable bonds is 10. The Bertz CT molecular complexity index is 1320. The van der Waals surface area contributed by atoms with Crippen LogP contribution in [0, 0.1) is 0 Å². The molecule has 0 bridgehead atoms. The van der Waals surface area contributed by atoms with Crippen molar-refractivity contribution < 1.29 is 22.4 Å². The van der Waals surface area contributed by atoms with Crippen LogP contribution in [-0.4, -0.2) is 34.2 Å². The van der Waals surface area contributed by atoms with Gasteiger partial charge in [-0.1, -0.05) is 12.1 Å². The van der Waals surface area contributed by atoms with Gasteiger partial charge < -0.3 is 19.4 Å². The molecule has 2 aromatic carbocycles. The molecule has 0 aliphatic heterocycles. The molecular weight excluding hydrogens is 458 g/mol. The number of ether oxygens (including phenoxy) is 1. The minimum Gasteiger partial charge on any atom is -0.450 e. The highest BCUT2D eigenvalue weighted by Crippen LogP contribution is 2.24. The van der Waals surface area contributed by atoms with Crippen molar-refractivity contribution in [2.24, 2.45) is 5.14 Å². The van der Waals surface area contributed by atoms with Gasteiger partial charge in [0.2, 0.25) is 10.0 Å². The van der Waals surface area contributed by atoms with E-state index in [-0.39, 0.29) is 18.0 Å². The third kappa shape index (κ3) is 6.58. The number of anilines is 1. The van der Waals surface area contributed by atoms with E-state index in [4.69, 9.17) is 14.3 Å². The number of primary sulfonamides is 1. The fraction of sp³-hybridized carbons (Fsp3) is 0.333. The molecule has 0 saturated heterocycles. The molecule has 0 spiro atoms. The molecule has 9 nitrogen and oxygen atoms in total. The van der Waals surface area contributed by atoms with Crippen molar-refractivity contribution in [3.63, 3.8) is 0 Å². The van der Waals surface area contributed by atoms with E-state index in [9.17, 15) is 18.0 Å². The van der Waals surface area contributed by atoms with Gasteiger partial charge in [-0.3, -0.25) is 0 Å². The lowest BCUT2D eigenvalue weighted by atomic mass is 10.0. The number of aryl methyl sites for hydroxylation is 1. The Balaban J connectivity index is 1.55. The Morgan fingerprint density at radius 1 is 1.12 bits per heavy atom. The summed E-state index contributed by atoms with van der Waals surface area (Å²) in [6, 6.07) is 13.3. The van der Waals surface area contributed by atoms with E-state index in [1.807, 2.05) is 18.2 Å². The van der Waals surface area contributed by atoms with Crippen LogP contribution >= 0.6 is 0 Å². The quantitative estimate of drug-likeness (QED) is 0.332. The van der Waals surface area contributed by atoms with Crippen LogP contribution in [0.4, 0.5) is 10.5 Å². The maximum Gasteiger partial charge on any atom is 0.407 e. The molecule has 0 aliphatic rings. The molecule has 34 heavy (non-hydrogen) atoms. The van der Waals surface area contributed by atoms with Crippen LogP contribution in [-0.2, 0) is 27.7 Å². The number of hydrogen-bond donors (Lipinski definition) is 2. The topological polar surface area (TPSA) is 132 Å². The lowest BCUT2D eigenvalue weighted by Crippen LogP contribution is -2.24. The first kappa shape index (κ1) is 25.3. The zero-order valence-electron chi connectivity index (χ0n) is 19.2. The minimum absolute atomic E-state index is 0.0241. The van der Waals surface area contributed by atoms with E-state index >= 15 is 0 Å². The molecule has 1 amide bonds. The number of carbonyl (C=O) groups is 1. The van der Waals surface area contributed by atoms with Gasteiger partial charge >= 0.3 is 11.7 Å². The van der Waals surface area contributed by atoms with E-state index in [0.29, 0.717) is 24.0 Å². The van der Waals surface area contributed by atoms with Crippen molar-refractivity contribution in [3.8, 4) is 0 Å². The molecule has 0 atom stereocenters. The van der Waals surface area contributed by atoms with Crippen LogP contribution in [0.25, 0.3) is 11.0 Å². The second-order valence-corrected chi connectivity index (χ2v) is 9.29. The maximum absolute atomic E-state index is 12.1. The molecule has 3 rings (SSSR count). The maximum atomic E-state index is 12.1. The van der Waals surface area contributed by atoms with Crippen molar-refractivity contribution in [3.05, 3.63) is 70.1 Å². The predicted octanol–water partition coefficient (Wildman–Crippen LogP) is 3.15. The van der Waals surface area contributed by atoms with Crippen molar-refractivity contribution in [1.29, 1.82) is 0 Å². The molecule has 1 heterocycles. The van der Waals surface area contributed by atoms with Crippen LogP contribution in [0.15, 0.2) is 62.6 Å². The summed E-state index contributed by atoms with van der Waals surface area (Å²) < 4.78 is 33.5. The summed E-state index contributed by atoms with van der Waals surface area (Å²) in [4.78, 5) is 26.2. The number of carbonyl (C=O) groups excluding carboxylic acids is 1. The van der Waals surface area contributed by atoms with Crippen LogP contribution in [0.5, 0.6) is 0 Å². The zero-order valence-corrected chi connectivity index (χ0v) is 20.1. The van der Waals surface area contributed by atoms with Crippen molar-refractivity contribution in [2.75, 3.05) is 24.6 Å². The van der Waals surface area contributed by atoms with E-state index in [1.165, 1.54) is 18.2 Å². The van der Waals surface area contributed by atoms with Gasteiger partial charge in [-0.2, -0.15) is 0 Å². The number of hydrogen-bond acceptors (Lipinski definition) is 7. The Labute approximate surface area is 198 Å². The summed E-state index contributed by atoms with van der Waals surface area (Å²) in [6.07, 6.45) is 0.434. The minimum atomic E-state index is -3.81. The van der Waals surface area contributed by atoms with Crippen molar-refractivity contribution in [1.82, 2.24) is 5.32 Å². The Hall–Kier alpha value is -3.37. The third-order valence-corrected chi connectivity index (χ3v) is 6.34. The fourth-order valence-electron chi connectivity index (χ4n) is 3.70. The molecule has 3 N–H and O–H groups in total. The molecule has 0 saturated carbocycles. The van der Waals surface area contributed by atoms with Crippen molar-refractivity contribution in [2.45, 2.75) is 38.1 Å². The average Bonchev–Trinajstić information content (AvgIpc) is 2.80. The van der Waals surface area contributed by atoms with Crippen LogP contribution < -0.4 is 21.0 Å². The number of benzene rings is 2. The summed E-state index contributed by atoms with van der Waals surface area (Å²) in [7, 11) is -3.81. The monoisotopic (exact) mass is 487 g/mol. The van der Waals surface area contributed by atoms with Crippen LogP contribution in [0.1, 0.15) is 31.4 Å². The summed E-state index contributed by atoms with van der Waals surface area (Å²) in [5, 5.41) is 8.55. The van der Waals surface area contributed by atoms with Gasteiger partial charge in [0.05, 0.1) is 11.5 Å².